The summed E-state index contributed by atoms with van der Waals surface area (Å²) in [7, 11) is 0. The van der Waals surface area contributed by atoms with E-state index in [1.54, 1.807) is 16.8 Å². The summed E-state index contributed by atoms with van der Waals surface area (Å²) in [5.74, 6) is -1.48. The number of hydrogen-bond donors (Lipinski definition) is 1. The van der Waals surface area contributed by atoms with Crippen LogP contribution in [0.15, 0.2) is 30.5 Å². The summed E-state index contributed by atoms with van der Waals surface area (Å²) in [5, 5.41) is 14.3. The van der Waals surface area contributed by atoms with Gasteiger partial charge in [-0.2, -0.15) is 5.10 Å². The lowest BCUT2D eigenvalue weighted by Crippen LogP contribution is -2.01. The molecule has 1 N–H and O–H groups in total. The van der Waals surface area contributed by atoms with Crippen molar-refractivity contribution in [2.75, 3.05) is 0 Å². The summed E-state index contributed by atoms with van der Waals surface area (Å²) >= 11 is 6.28. The molecule has 3 rings (SSSR count). The maximum atomic E-state index is 13.1. The first-order valence-corrected chi connectivity index (χ1v) is 7.34. The van der Waals surface area contributed by atoms with Crippen molar-refractivity contribution in [1.82, 2.24) is 14.8 Å². The minimum atomic E-state index is -1.14. The van der Waals surface area contributed by atoms with Crippen LogP contribution in [0.5, 0.6) is 0 Å². The van der Waals surface area contributed by atoms with Gasteiger partial charge in [0.05, 0.1) is 27.4 Å². The van der Waals surface area contributed by atoms with E-state index in [1.165, 1.54) is 18.3 Å². The second-order valence-corrected chi connectivity index (χ2v) is 5.80. The van der Waals surface area contributed by atoms with Crippen molar-refractivity contribution in [3.63, 3.8) is 0 Å². The Hall–Kier alpha value is -2.47. The van der Waals surface area contributed by atoms with E-state index in [2.05, 4.69) is 10.1 Å². The minimum Gasteiger partial charge on any atom is -0.478 e. The number of benzene rings is 1. The van der Waals surface area contributed by atoms with Gasteiger partial charge in [-0.3, -0.25) is 0 Å². The molecule has 0 saturated heterocycles. The highest BCUT2D eigenvalue weighted by atomic mass is 35.5. The predicted octanol–water partition coefficient (Wildman–Crippen LogP) is 4.03. The number of aromatic carboxylic acids is 1. The van der Waals surface area contributed by atoms with Crippen molar-refractivity contribution < 1.29 is 14.3 Å². The average molecular weight is 334 g/mol. The molecule has 2 aromatic heterocycles. The van der Waals surface area contributed by atoms with Gasteiger partial charge < -0.3 is 5.11 Å². The van der Waals surface area contributed by atoms with Crippen molar-refractivity contribution in [2.45, 2.75) is 19.8 Å². The van der Waals surface area contributed by atoms with Crippen LogP contribution in [0.1, 0.15) is 35.8 Å². The fraction of sp³-hybridized carbons (Fsp3) is 0.188. The molecule has 0 aliphatic rings. The zero-order valence-electron chi connectivity index (χ0n) is 12.4. The highest BCUT2D eigenvalue weighted by Gasteiger charge is 2.22. The smallest absolute Gasteiger partial charge is 0.338 e. The molecular formula is C16H13ClFN3O2. The van der Waals surface area contributed by atoms with Crippen molar-refractivity contribution in [1.29, 1.82) is 0 Å². The summed E-state index contributed by atoms with van der Waals surface area (Å²) in [5.41, 5.74) is 1.63. The lowest BCUT2D eigenvalue weighted by atomic mass is 10.1. The van der Waals surface area contributed by atoms with Crippen molar-refractivity contribution in [2.24, 2.45) is 0 Å². The van der Waals surface area contributed by atoms with Crippen LogP contribution in [0.2, 0.25) is 5.02 Å². The molecule has 0 spiro atoms. The van der Waals surface area contributed by atoms with Gasteiger partial charge in [0.2, 0.25) is 0 Å². The van der Waals surface area contributed by atoms with E-state index in [1.807, 2.05) is 13.8 Å². The average Bonchev–Trinajstić information content (AvgIpc) is 2.89. The number of fused-ring (bicyclic) bond motifs is 1. The summed E-state index contributed by atoms with van der Waals surface area (Å²) in [6, 6.07) is 5.80. The SMILES string of the molecule is CC(C)c1nn(-c2ccc(F)cc2)c2ncc(C(=O)O)c(Cl)c12. The third-order valence-electron chi connectivity index (χ3n) is 3.51. The van der Waals surface area contributed by atoms with E-state index >= 15 is 0 Å². The Morgan fingerprint density at radius 3 is 2.52 bits per heavy atom. The Balaban J connectivity index is 2.35. The van der Waals surface area contributed by atoms with E-state index in [-0.39, 0.29) is 22.3 Å². The molecule has 118 valence electrons. The normalized spacial score (nSPS) is 11.3. The molecule has 7 heteroatoms. The Labute approximate surface area is 136 Å². The molecule has 0 radical (unpaired) electrons. The van der Waals surface area contributed by atoms with Gasteiger partial charge in [0, 0.05) is 6.20 Å². The summed E-state index contributed by atoms with van der Waals surface area (Å²) in [6.07, 6.45) is 1.21. The van der Waals surface area contributed by atoms with Gasteiger partial charge in [-0.05, 0) is 30.2 Å². The Bertz CT molecular complexity index is 904. The standard InChI is InChI=1S/C16H13ClFN3O2/c1-8(2)14-12-13(17)11(16(22)23)7-19-15(12)21(20-14)10-5-3-9(18)4-6-10/h3-8H,1-2H3,(H,22,23). The lowest BCUT2D eigenvalue weighted by molar-refractivity contribution is 0.0697. The largest absolute Gasteiger partial charge is 0.478 e. The Kier molecular flexibility index (Phi) is 3.77. The minimum absolute atomic E-state index is 0.0162. The molecular weight excluding hydrogens is 321 g/mol. The number of hydrogen-bond acceptors (Lipinski definition) is 3. The molecule has 0 fully saturated rings. The van der Waals surface area contributed by atoms with Gasteiger partial charge in [0.15, 0.2) is 5.65 Å². The Morgan fingerprint density at radius 1 is 1.30 bits per heavy atom. The predicted molar refractivity (Wildman–Crippen MR) is 84.9 cm³/mol. The van der Waals surface area contributed by atoms with E-state index < -0.39 is 5.97 Å². The van der Waals surface area contributed by atoms with E-state index in [0.717, 1.165) is 0 Å². The molecule has 3 aromatic rings. The van der Waals surface area contributed by atoms with Gasteiger partial charge in [0.1, 0.15) is 5.82 Å². The number of halogens is 2. The maximum absolute atomic E-state index is 13.1. The van der Waals surface area contributed by atoms with E-state index in [4.69, 9.17) is 11.6 Å². The summed E-state index contributed by atoms with van der Waals surface area (Å²) in [4.78, 5) is 15.5. The second kappa shape index (κ2) is 5.62. The molecule has 5 nitrogen and oxygen atoms in total. The number of nitrogens with zero attached hydrogens (tertiary/aromatic N) is 3. The van der Waals surface area contributed by atoms with Crippen molar-refractivity contribution >= 4 is 28.6 Å². The molecule has 2 heterocycles. The van der Waals surface area contributed by atoms with Crippen molar-refractivity contribution in [3.8, 4) is 5.69 Å². The monoisotopic (exact) mass is 333 g/mol. The van der Waals surface area contributed by atoms with Crippen LogP contribution in [0, 0.1) is 5.82 Å². The topological polar surface area (TPSA) is 68.0 Å². The van der Waals surface area contributed by atoms with Crippen LogP contribution in [0.25, 0.3) is 16.7 Å². The molecule has 0 saturated carbocycles. The fourth-order valence-electron chi connectivity index (χ4n) is 2.39. The zero-order chi connectivity index (χ0) is 16.7. The van der Waals surface area contributed by atoms with Gasteiger partial charge in [-0.25, -0.2) is 18.9 Å². The molecule has 23 heavy (non-hydrogen) atoms. The van der Waals surface area contributed by atoms with E-state index in [9.17, 15) is 14.3 Å². The quantitative estimate of drug-likeness (QED) is 0.785. The lowest BCUT2D eigenvalue weighted by Gasteiger charge is -2.04. The summed E-state index contributed by atoms with van der Waals surface area (Å²) < 4.78 is 14.7. The molecule has 0 amide bonds. The number of pyridine rings is 1. The maximum Gasteiger partial charge on any atom is 0.338 e. The highest BCUT2D eigenvalue weighted by Crippen LogP contribution is 2.33. The third kappa shape index (κ3) is 2.55. The molecule has 1 aromatic carbocycles. The van der Waals surface area contributed by atoms with Crippen LogP contribution in [-0.2, 0) is 0 Å². The van der Waals surface area contributed by atoms with Gasteiger partial charge in [-0.1, -0.05) is 25.4 Å². The van der Waals surface area contributed by atoms with E-state index in [0.29, 0.717) is 22.4 Å². The molecule has 0 aliphatic heterocycles. The number of carboxylic acids is 1. The van der Waals surface area contributed by atoms with Crippen LogP contribution in [-0.4, -0.2) is 25.8 Å². The summed E-state index contributed by atoms with van der Waals surface area (Å²) in [6.45, 7) is 3.86. The number of carboxylic acid groups (broad SMARTS) is 1. The van der Waals surface area contributed by atoms with Crippen LogP contribution in [0.3, 0.4) is 0 Å². The molecule has 0 aliphatic carbocycles. The first kappa shape index (κ1) is 15.4. The second-order valence-electron chi connectivity index (χ2n) is 5.42. The first-order valence-electron chi connectivity index (χ1n) is 6.96. The molecule has 0 bridgehead atoms. The molecule has 0 unspecified atom stereocenters. The van der Waals surface area contributed by atoms with Crippen LogP contribution < -0.4 is 0 Å². The Morgan fingerprint density at radius 2 is 1.96 bits per heavy atom. The fourth-order valence-corrected chi connectivity index (χ4v) is 2.70. The first-order chi connectivity index (χ1) is 10.9. The zero-order valence-corrected chi connectivity index (χ0v) is 13.2. The number of rotatable bonds is 3. The number of aromatic nitrogens is 3. The van der Waals surface area contributed by atoms with Crippen LogP contribution in [0.4, 0.5) is 4.39 Å². The highest BCUT2D eigenvalue weighted by molar-refractivity contribution is 6.38. The van der Waals surface area contributed by atoms with Gasteiger partial charge in [-0.15, -0.1) is 0 Å². The number of carbonyl (C=O) groups is 1. The van der Waals surface area contributed by atoms with Crippen molar-refractivity contribution in [3.05, 3.63) is 52.6 Å². The van der Waals surface area contributed by atoms with Crippen LogP contribution >= 0.6 is 11.6 Å². The van der Waals surface area contributed by atoms with Gasteiger partial charge >= 0.3 is 5.97 Å². The third-order valence-corrected chi connectivity index (χ3v) is 3.90. The van der Waals surface area contributed by atoms with Gasteiger partial charge in [0.25, 0.3) is 0 Å². The molecule has 0 atom stereocenters.